The molecule has 0 spiro atoms. The number of anilines is 1. The number of benzene rings is 2. The minimum atomic E-state index is -0.423. The fourth-order valence-corrected chi connectivity index (χ4v) is 7.82. The normalized spacial score (nSPS) is 24.5. The summed E-state index contributed by atoms with van der Waals surface area (Å²) in [6, 6.07) is 12.7. The topological polar surface area (TPSA) is 93.6 Å². The van der Waals surface area contributed by atoms with E-state index in [1.165, 1.54) is 18.2 Å². The molecule has 2 aliphatic heterocycles. The highest BCUT2D eigenvalue weighted by atomic mass is 35.5. The van der Waals surface area contributed by atoms with Crippen LogP contribution in [-0.4, -0.2) is 59.3 Å². The van der Waals surface area contributed by atoms with Crippen LogP contribution >= 0.6 is 11.6 Å². The van der Waals surface area contributed by atoms with E-state index in [2.05, 4.69) is 20.2 Å². The van der Waals surface area contributed by atoms with Crippen LogP contribution in [0.5, 0.6) is 0 Å². The van der Waals surface area contributed by atoms with Gasteiger partial charge in [-0.3, -0.25) is 19.6 Å². The molecule has 1 N–H and O–H groups in total. The van der Waals surface area contributed by atoms with Crippen LogP contribution in [0, 0.1) is 47.1 Å². The Balaban J connectivity index is 0.000000145. The van der Waals surface area contributed by atoms with E-state index in [1.807, 2.05) is 47.6 Å². The zero-order valence-electron chi connectivity index (χ0n) is 30.1. The SMILES string of the molecule is CC(C)(C)OC(=O)CC1C2CN(c3ccnc4ccc(F)cc34)CC12.CC(C)(C)OC(=O)CC1C2CNCC21.Fc1ccc2nccc(Cl)c2c1. The molecule has 4 heterocycles. The van der Waals surface area contributed by atoms with Crippen LogP contribution in [0.15, 0.2) is 60.9 Å². The summed E-state index contributed by atoms with van der Waals surface area (Å²) < 4.78 is 37.1. The molecule has 2 saturated heterocycles. The third kappa shape index (κ3) is 9.32. The number of carbonyl (C=O) groups excluding carboxylic acids is 2. The van der Waals surface area contributed by atoms with Crippen molar-refractivity contribution >= 4 is 51.0 Å². The second-order valence-electron chi connectivity index (χ2n) is 16.1. The van der Waals surface area contributed by atoms with E-state index in [1.54, 1.807) is 36.7 Å². The van der Waals surface area contributed by atoms with Crippen molar-refractivity contribution in [3.05, 3.63) is 77.6 Å². The molecule has 4 aliphatic rings. The van der Waals surface area contributed by atoms with Gasteiger partial charge in [0.2, 0.25) is 0 Å². The molecule has 0 radical (unpaired) electrons. The average Bonchev–Trinajstić information content (AvgIpc) is 3.64. The van der Waals surface area contributed by atoms with Crippen molar-refractivity contribution < 1.29 is 27.8 Å². The van der Waals surface area contributed by atoms with Crippen molar-refractivity contribution in [1.82, 2.24) is 15.3 Å². The van der Waals surface area contributed by atoms with E-state index in [9.17, 15) is 18.4 Å². The maximum atomic E-state index is 13.6. The highest BCUT2D eigenvalue weighted by Crippen LogP contribution is 2.55. The maximum Gasteiger partial charge on any atom is 0.306 e. The van der Waals surface area contributed by atoms with E-state index < -0.39 is 5.60 Å². The summed E-state index contributed by atoms with van der Waals surface area (Å²) in [6.07, 6.45) is 4.50. The van der Waals surface area contributed by atoms with Gasteiger partial charge in [0.25, 0.3) is 0 Å². The van der Waals surface area contributed by atoms with Crippen molar-refractivity contribution in [2.24, 2.45) is 35.5 Å². The largest absolute Gasteiger partial charge is 0.460 e. The predicted molar refractivity (Wildman–Crippen MR) is 195 cm³/mol. The number of rotatable bonds is 5. The van der Waals surface area contributed by atoms with Crippen molar-refractivity contribution in [3.63, 3.8) is 0 Å². The monoisotopic (exact) mass is 720 g/mol. The van der Waals surface area contributed by atoms with Gasteiger partial charge in [-0.05, 0) is 139 Å². The summed E-state index contributed by atoms with van der Waals surface area (Å²) >= 11 is 5.82. The molecular weight excluding hydrogens is 674 g/mol. The lowest BCUT2D eigenvalue weighted by atomic mass is 10.1. The Bertz CT molecular complexity index is 1890. The number of aromatic nitrogens is 2. The minimum absolute atomic E-state index is 0.0306. The van der Waals surface area contributed by atoms with Gasteiger partial charge in [0.1, 0.15) is 22.8 Å². The second kappa shape index (κ2) is 14.6. The number of ether oxygens (including phenoxy) is 2. The number of carbonyl (C=O) groups is 2. The summed E-state index contributed by atoms with van der Waals surface area (Å²) in [5, 5.41) is 5.35. The first-order valence-corrected chi connectivity index (χ1v) is 18.1. The second-order valence-corrected chi connectivity index (χ2v) is 16.5. The molecule has 11 heteroatoms. The van der Waals surface area contributed by atoms with Crippen molar-refractivity contribution in [2.75, 3.05) is 31.1 Å². The maximum absolute atomic E-state index is 13.6. The van der Waals surface area contributed by atoms with Gasteiger partial charge < -0.3 is 19.7 Å². The molecule has 4 atom stereocenters. The lowest BCUT2D eigenvalue weighted by molar-refractivity contribution is -0.156. The highest BCUT2D eigenvalue weighted by Gasteiger charge is 2.56. The Morgan fingerprint density at radius 2 is 1.22 bits per heavy atom. The Hall–Kier alpha value is -3.89. The quantitative estimate of drug-likeness (QED) is 0.208. The number of halogens is 3. The molecular formula is C40H47ClF2N4O4. The fourth-order valence-electron chi connectivity index (χ4n) is 7.61. The lowest BCUT2D eigenvalue weighted by Crippen LogP contribution is -2.27. The molecule has 8 rings (SSSR count). The van der Waals surface area contributed by atoms with Crippen LogP contribution < -0.4 is 10.2 Å². The number of nitrogens with one attached hydrogen (secondary N) is 1. The first kappa shape index (κ1) is 36.9. The van der Waals surface area contributed by atoms with E-state index in [-0.39, 0.29) is 29.2 Å². The van der Waals surface area contributed by atoms with Crippen LogP contribution in [0.4, 0.5) is 14.5 Å². The molecule has 4 unspecified atom stereocenters. The van der Waals surface area contributed by atoms with E-state index in [4.69, 9.17) is 21.1 Å². The first-order valence-electron chi connectivity index (χ1n) is 17.7. The van der Waals surface area contributed by atoms with Gasteiger partial charge >= 0.3 is 11.9 Å². The van der Waals surface area contributed by atoms with E-state index in [0.717, 1.165) is 54.6 Å². The highest BCUT2D eigenvalue weighted by molar-refractivity contribution is 6.35. The van der Waals surface area contributed by atoms with Gasteiger partial charge in [-0.1, -0.05) is 11.6 Å². The molecule has 0 amide bonds. The molecule has 2 aromatic carbocycles. The molecule has 4 aromatic rings. The Labute approximate surface area is 303 Å². The zero-order valence-corrected chi connectivity index (χ0v) is 30.8. The smallest absolute Gasteiger partial charge is 0.306 e. The lowest BCUT2D eigenvalue weighted by Gasteiger charge is -2.24. The summed E-state index contributed by atoms with van der Waals surface area (Å²) in [6.45, 7) is 15.5. The number of fused-ring (bicyclic) bond motifs is 4. The van der Waals surface area contributed by atoms with E-state index >= 15 is 0 Å². The zero-order chi connectivity index (χ0) is 36.7. The Kier molecular flexibility index (Phi) is 10.6. The standard InChI is InChI=1S/C20H23FN2O2.C11H19NO2.C9H5ClFN/c1-20(2,3)25-19(24)9-13-15-10-23(11-16(13)15)18-6-7-22-17-5-4-12(21)8-14(17)18;1-11(2,3)14-10(13)4-7-8-5-12-6-9(7)8;10-8-3-4-12-9-2-1-6(11)5-7(8)9/h4-8,13,15-16H,9-11H2,1-3H3;7-9,12H,4-6H2,1-3H3;1-5H. The number of nitrogens with zero attached hydrogens (tertiary/aromatic N) is 3. The van der Waals surface area contributed by atoms with Gasteiger partial charge in [0.15, 0.2) is 0 Å². The summed E-state index contributed by atoms with van der Waals surface area (Å²) in [5.74, 6) is 2.93. The third-order valence-electron chi connectivity index (χ3n) is 9.96. The van der Waals surface area contributed by atoms with Crippen molar-refractivity contribution in [2.45, 2.75) is 65.6 Å². The Morgan fingerprint density at radius 1 is 0.745 bits per heavy atom. The Morgan fingerprint density at radius 3 is 1.75 bits per heavy atom. The molecule has 0 bridgehead atoms. The number of esters is 2. The first-order chi connectivity index (χ1) is 24.1. The predicted octanol–water partition coefficient (Wildman–Crippen LogP) is 8.00. The number of hydrogen-bond acceptors (Lipinski definition) is 8. The summed E-state index contributed by atoms with van der Waals surface area (Å²) in [4.78, 5) is 34.2. The average molecular weight is 721 g/mol. The van der Waals surface area contributed by atoms with Gasteiger partial charge in [-0.15, -0.1) is 0 Å². The van der Waals surface area contributed by atoms with Crippen molar-refractivity contribution in [1.29, 1.82) is 0 Å². The van der Waals surface area contributed by atoms with Gasteiger partial charge in [0, 0.05) is 54.8 Å². The van der Waals surface area contributed by atoms with Crippen molar-refractivity contribution in [3.8, 4) is 0 Å². The summed E-state index contributed by atoms with van der Waals surface area (Å²) in [7, 11) is 0. The minimum Gasteiger partial charge on any atom is -0.460 e. The van der Waals surface area contributed by atoms with Crippen LogP contribution in [0.25, 0.3) is 21.8 Å². The van der Waals surface area contributed by atoms with E-state index in [0.29, 0.717) is 52.4 Å². The van der Waals surface area contributed by atoms with Gasteiger partial charge in [-0.2, -0.15) is 0 Å². The van der Waals surface area contributed by atoms with Crippen LogP contribution in [0.3, 0.4) is 0 Å². The molecule has 2 saturated carbocycles. The number of piperidine rings is 2. The van der Waals surface area contributed by atoms with Gasteiger partial charge in [-0.25, -0.2) is 8.78 Å². The molecule has 8 nitrogen and oxygen atoms in total. The van der Waals surface area contributed by atoms with Crippen LogP contribution in [0.1, 0.15) is 54.4 Å². The molecule has 51 heavy (non-hydrogen) atoms. The number of hydrogen-bond donors (Lipinski definition) is 1. The fraction of sp³-hybridized carbons (Fsp3) is 0.500. The molecule has 2 aliphatic carbocycles. The molecule has 4 fully saturated rings. The van der Waals surface area contributed by atoms with Gasteiger partial charge in [0.05, 0.1) is 16.1 Å². The third-order valence-corrected chi connectivity index (χ3v) is 10.3. The number of pyridine rings is 2. The van der Waals surface area contributed by atoms with Crippen LogP contribution in [0.2, 0.25) is 5.02 Å². The molecule has 272 valence electrons. The summed E-state index contributed by atoms with van der Waals surface area (Å²) in [5.41, 5.74) is 1.80. The molecule has 2 aromatic heterocycles. The van der Waals surface area contributed by atoms with Crippen LogP contribution in [-0.2, 0) is 19.1 Å².